The van der Waals surface area contributed by atoms with Gasteiger partial charge in [0.05, 0.1) is 24.4 Å². The van der Waals surface area contributed by atoms with Gasteiger partial charge in [0.2, 0.25) is 0 Å². The van der Waals surface area contributed by atoms with E-state index in [-0.39, 0.29) is 0 Å². The van der Waals surface area contributed by atoms with Gasteiger partial charge >= 0.3 is 0 Å². The van der Waals surface area contributed by atoms with E-state index in [0.717, 1.165) is 63.4 Å². The fraction of sp³-hybridized carbons (Fsp3) is 0.433. The summed E-state index contributed by atoms with van der Waals surface area (Å²) < 4.78 is 5.29. The molecule has 0 unspecified atom stereocenters. The minimum Gasteiger partial charge on any atom is -0.497 e. The predicted molar refractivity (Wildman–Crippen MR) is 145 cm³/mol. The first-order chi connectivity index (χ1) is 17.7. The van der Waals surface area contributed by atoms with Gasteiger partial charge in [0, 0.05) is 63.2 Å². The number of piperidine rings is 2. The van der Waals surface area contributed by atoms with Crippen LogP contribution in [0.5, 0.6) is 5.75 Å². The monoisotopic (exact) mass is 483 g/mol. The highest BCUT2D eigenvalue weighted by Gasteiger charge is 2.25. The topological polar surface area (TPSA) is 54.8 Å². The summed E-state index contributed by atoms with van der Waals surface area (Å²) in [4.78, 5) is 7.55. The number of allylic oxidation sites excluding steroid dienone is 1. The molecule has 0 radical (unpaired) electrons. The van der Waals surface area contributed by atoms with Crippen LogP contribution in [0.15, 0.2) is 72.6 Å². The van der Waals surface area contributed by atoms with Gasteiger partial charge in [-0.3, -0.25) is 4.90 Å². The van der Waals surface area contributed by atoms with E-state index in [2.05, 4.69) is 68.7 Å². The Bertz CT molecular complexity index is 1090. The van der Waals surface area contributed by atoms with Gasteiger partial charge in [0.25, 0.3) is 0 Å². The summed E-state index contributed by atoms with van der Waals surface area (Å²) in [6, 6.07) is 19.7. The van der Waals surface area contributed by atoms with Gasteiger partial charge in [-0.05, 0) is 73.7 Å². The first-order valence-electron chi connectivity index (χ1n) is 13.2. The third-order valence-corrected chi connectivity index (χ3v) is 7.74. The van der Waals surface area contributed by atoms with Crippen molar-refractivity contribution in [2.75, 3.05) is 44.7 Å². The third-order valence-electron chi connectivity index (χ3n) is 7.74. The van der Waals surface area contributed by atoms with Crippen molar-refractivity contribution in [3.05, 3.63) is 83.7 Å². The van der Waals surface area contributed by atoms with Gasteiger partial charge in [-0.15, -0.1) is 0 Å². The molecule has 3 aliphatic rings. The van der Waals surface area contributed by atoms with Crippen LogP contribution in [0.25, 0.3) is 0 Å². The van der Waals surface area contributed by atoms with Gasteiger partial charge < -0.3 is 19.9 Å². The molecule has 2 aromatic rings. The fourth-order valence-electron chi connectivity index (χ4n) is 5.58. The van der Waals surface area contributed by atoms with Crippen LogP contribution >= 0.6 is 0 Å². The average molecular weight is 484 g/mol. The van der Waals surface area contributed by atoms with Crippen LogP contribution in [0.2, 0.25) is 0 Å². The second kappa shape index (κ2) is 11.5. The largest absolute Gasteiger partial charge is 0.497 e. The van der Waals surface area contributed by atoms with Crippen LogP contribution < -0.4 is 15.0 Å². The lowest BCUT2D eigenvalue weighted by molar-refractivity contribution is 0.141. The highest BCUT2D eigenvalue weighted by Crippen LogP contribution is 2.25. The van der Waals surface area contributed by atoms with E-state index < -0.39 is 0 Å². The molecule has 1 N–H and O–H groups in total. The molecule has 2 aromatic carbocycles. The molecule has 2 fully saturated rings. The van der Waals surface area contributed by atoms with Crippen LogP contribution in [0.4, 0.5) is 5.69 Å². The molecule has 188 valence electrons. The number of methoxy groups -OCH3 is 1. The summed E-state index contributed by atoms with van der Waals surface area (Å²) in [5.41, 5.74) is 4.55. The Labute approximate surface area is 215 Å². The zero-order valence-electron chi connectivity index (χ0n) is 21.3. The van der Waals surface area contributed by atoms with Crippen molar-refractivity contribution in [1.29, 1.82) is 5.26 Å². The molecule has 0 bridgehead atoms. The molecule has 0 amide bonds. The van der Waals surface area contributed by atoms with Gasteiger partial charge in [-0.25, -0.2) is 0 Å². The van der Waals surface area contributed by atoms with E-state index in [0.29, 0.717) is 12.1 Å². The number of anilines is 1. The maximum atomic E-state index is 9.00. The lowest BCUT2D eigenvalue weighted by Crippen LogP contribution is -2.45. The lowest BCUT2D eigenvalue weighted by Gasteiger charge is -2.39. The van der Waals surface area contributed by atoms with E-state index in [1.165, 1.54) is 29.8 Å². The molecule has 36 heavy (non-hydrogen) atoms. The van der Waals surface area contributed by atoms with Crippen molar-refractivity contribution >= 4 is 5.69 Å². The summed E-state index contributed by atoms with van der Waals surface area (Å²) in [7, 11) is 1.71. The maximum absolute atomic E-state index is 9.00. The fourth-order valence-corrected chi connectivity index (χ4v) is 5.58. The number of hydrogen-bond acceptors (Lipinski definition) is 6. The minimum atomic E-state index is 0.518. The molecule has 6 heteroatoms. The highest BCUT2D eigenvalue weighted by molar-refractivity contribution is 5.49. The van der Waals surface area contributed by atoms with Gasteiger partial charge in [-0.1, -0.05) is 18.2 Å². The normalized spacial score (nSPS) is 19.6. The molecule has 0 atom stereocenters. The van der Waals surface area contributed by atoms with Crippen LogP contribution in [-0.2, 0) is 6.54 Å². The van der Waals surface area contributed by atoms with Crippen LogP contribution in [0.1, 0.15) is 36.8 Å². The SMILES string of the molecule is COc1ccc(N2CCC(NC3=CN(C4CCN(Cc5ccc(C#N)cc5)CC4)CC=C3)CC2)cc1. The van der Waals surface area contributed by atoms with Gasteiger partial charge in [0.1, 0.15) is 5.75 Å². The number of nitriles is 1. The molecule has 0 aliphatic carbocycles. The molecule has 3 aliphatic heterocycles. The molecule has 5 rings (SSSR count). The zero-order valence-corrected chi connectivity index (χ0v) is 21.3. The lowest BCUT2D eigenvalue weighted by atomic mass is 10.0. The van der Waals surface area contributed by atoms with E-state index in [9.17, 15) is 0 Å². The second-order valence-corrected chi connectivity index (χ2v) is 10.1. The maximum Gasteiger partial charge on any atom is 0.119 e. The first-order valence-corrected chi connectivity index (χ1v) is 13.2. The number of nitrogens with zero attached hydrogens (tertiary/aromatic N) is 4. The van der Waals surface area contributed by atoms with Gasteiger partial charge in [-0.2, -0.15) is 5.26 Å². The molecule has 0 spiro atoms. The van der Waals surface area contributed by atoms with Gasteiger partial charge in [0.15, 0.2) is 0 Å². The van der Waals surface area contributed by atoms with E-state index in [1.54, 1.807) is 7.11 Å². The van der Waals surface area contributed by atoms with Crippen LogP contribution in [0.3, 0.4) is 0 Å². The van der Waals surface area contributed by atoms with Crippen molar-refractivity contribution in [2.45, 2.75) is 44.3 Å². The summed E-state index contributed by atoms with van der Waals surface area (Å²) in [5.74, 6) is 0.910. The molecule has 6 nitrogen and oxygen atoms in total. The van der Waals surface area contributed by atoms with Crippen molar-refractivity contribution < 1.29 is 4.74 Å². The Hall–Kier alpha value is -3.43. The van der Waals surface area contributed by atoms with Crippen molar-refractivity contribution in [3.8, 4) is 11.8 Å². The first kappa shape index (κ1) is 24.3. The predicted octanol–water partition coefficient (Wildman–Crippen LogP) is 4.50. The Kier molecular flexibility index (Phi) is 7.78. The zero-order chi connectivity index (χ0) is 24.7. The average Bonchev–Trinajstić information content (AvgIpc) is 2.94. The number of rotatable bonds is 7. The number of benzene rings is 2. The van der Waals surface area contributed by atoms with E-state index >= 15 is 0 Å². The quantitative estimate of drug-likeness (QED) is 0.626. The van der Waals surface area contributed by atoms with E-state index in [1.807, 2.05) is 24.3 Å². The number of likely N-dealkylation sites (tertiary alicyclic amines) is 1. The van der Waals surface area contributed by atoms with Crippen molar-refractivity contribution in [1.82, 2.24) is 15.1 Å². The van der Waals surface area contributed by atoms with E-state index in [4.69, 9.17) is 10.00 Å². The number of hydrogen-bond donors (Lipinski definition) is 1. The minimum absolute atomic E-state index is 0.518. The molecular formula is C30H37N5O. The van der Waals surface area contributed by atoms with Crippen LogP contribution in [-0.4, -0.2) is 61.7 Å². The summed E-state index contributed by atoms with van der Waals surface area (Å²) >= 11 is 0. The Morgan fingerprint density at radius 3 is 2.33 bits per heavy atom. The summed E-state index contributed by atoms with van der Waals surface area (Å²) in [6.07, 6.45) is 11.6. The Balaban J connectivity index is 1.08. The van der Waals surface area contributed by atoms with Crippen LogP contribution in [0, 0.1) is 11.3 Å². The molecule has 0 saturated carbocycles. The Morgan fingerprint density at radius 2 is 1.67 bits per heavy atom. The Morgan fingerprint density at radius 1 is 0.944 bits per heavy atom. The molecular weight excluding hydrogens is 446 g/mol. The molecule has 3 heterocycles. The smallest absolute Gasteiger partial charge is 0.119 e. The summed E-state index contributed by atoms with van der Waals surface area (Å²) in [5, 5.41) is 12.8. The second-order valence-electron chi connectivity index (χ2n) is 10.1. The molecule has 2 saturated heterocycles. The number of nitrogens with one attached hydrogen (secondary N) is 1. The standard InChI is InChI=1S/C30H37N5O/c1-36-30-10-8-28(9-11-30)34-19-12-26(13-20-34)32-27-3-2-16-35(23-27)29-14-17-33(18-15-29)22-25-6-4-24(21-31)5-7-25/h2-11,23,26,29,32H,12-20,22H2,1H3. The highest BCUT2D eigenvalue weighted by atomic mass is 16.5. The number of ether oxygens (including phenoxy) is 1. The molecule has 0 aromatic heterocycles. The summed E-state index contributed by atoms with van der Waals surface area (Å²) in [6.45, 7) is 6.35. The van der Waals surface area contributed by atoms with Crippen molar-refractivity contribution in [2.24, 2.45) is 0 Å². The van der Waals surface area contributed by atoms with Crippen molar-refractivity contribution in [3.63, 3.8) is 0 Å². The third kappa shape index (κ3) is 6.03.